The summed E-state index contributed by atoms with van der Waals surface area (Å²) in [5, 5.41) is 14.2. The van der Waals surface area contributed by atoms with E-state index in [4.69, 9.17) is 0 Å². The van der Waals surface area contributed by atoms with E-state index in [0.29, 0.717) is 16.8 Å². The molecule has 0 atom stereocenters. The summed E-state index contributed by atoms with van der Waals surface area (Å²) in [6, 6.07) is 0. The molecule has 0 saturated heterocycles. The van der Waals surface area contributed by atoms with Gasteiger partial charge in [-0.3, -0.25) is 4.68 Å². The van der Waals surface area contributed by atoms with Crippen LogP contribution in [0.4, 0.5) is 0 Å². The molecule has 0 aliphatic rings. The maximum absolute atomic E-state index is 9.37. The summed E-state index contributed by atoms with van der Waals surface area (Å²) in [5.74, 6) is 0.686. The molecule has 0 radical (unpaired) electrons. The average molecular weight is 283 g/mol. The molecule has 2 heterocycles. The Hall–Kier alpha value is -1.43. The van der Waals surface area contributed by atoms with E-state index in [9.17, 15) is 5.11 Å². The van der Waals surface area contributed by atoms with Crippen molar-refractivity contribution in [2.75, 3.05) is 0 Å². The molecule has 0 fully saturated rings. The molecule has 5 nitrogen and oxygen atoms in total. The van der Waals surface area contributed by atoms with Crippen LogP contribution in [0.3, 0.4) is 0 Å². The molecule has 2 aromatic heterocycles. The van der Waals surface area contributed by atoms with Crippen molar-refractivity contribution in [1.29, 1.82) is 0 Å². The highest BCUT2D eigenvalue weighted by molar-refractivity contribution is 9.08. The summed E-state index contributed by atoms with van der Waals surface area (Å²) in [6.45, 7) is 1.74. The Morgan fingerprint density at radius 2 is 2.19 bits per heavy atom. The highest BCUT2D eigenvalue weighted by Crippen LogP contribution is 2.23. The zero-order valence-corrected chi connectivity index (χ0v) is 10.6. The van der Waals surface area contributed by atoms with Gasteiger partial charge in [-0.2, -0.15) is 5.10 Å². The molecule has 2 aromatic rings. The lowest BCUT2D eigenvalue weighted by Crippen LogP contribution is -1.98. The molecule has 84 valence electrons. The summed E-state index contributed by atoms with van der Waals surface area (Å²) in [5.41, 5.74) is 2.45. The monoisotopic (exact) mass is 282 g/mol. The molecule has 0 aliphatic carbocycles. The molecule has 0 bridgehead atoms. The summed E-state index contributed by atoms with van der Waals surface area (Å²) >= 11 is 3.40. The highest BCUT2D eigenvalue weighted by atomic mass is 79.9. The first-order valence-corrected chi connectivity index (χ1v) is 5.85. The number of hydrogen-bond donors (Lipinski definition) is 1. The van der Waals surface area contributed by atoms with Gasteiger partial charge in [0.25, 0.3) is 0 Å². The normalized spacial score (nSPS) is 10.7. The van der Waals surface area contributed by atoms with Crippen LogP contribution in [0.5, 0.6) is 5.75 Å². The van der Waals surface area contributed by atoms with Gasteiger partial charge in [0.05, 0.1) is 29.3 Å². The molecule has 0 amide bonds. The van der Waals surface area contributed by atoms with Crippen LogP contribution in [-0.2, 0) is 12.4 Å². The van der Waals surface area contributed by atoms with Crippen molar-refractivity contribution >= 4 is 15.9 Å². The van der Waals surface area contributed by atoms with E-state index in [-0.39, 0.29) is 5.75 Å². The third kappa shape index (κ3) is 1.80. The fourth-order valence-corrected chi connectivity index (χ4v) is 2.06. The first kappa shape index (κ1) is 11.1. The zero-order chi connectivity index (χ0) is 11.7. The van der Waals surface area contributed by atoms with Gasteiger partial charge in [-0.1, -0.05) is 15.9 Å². The van der Waals surface area contributed by atoms with Crippen molar-refractivity contribution in [2.24, 2.45) is 7.05 Å². The number of nitrogens with zero attached hydrogens (tertiary/aromatic N) is 4. The third-order valence-corrected chi connectivity index (χ3v) is 2.91. The van der Waals surface area contributed by atoms with Crippen molar-refractivity contribution in [3.8, 4) is 17.1 Å². The largest absolute Gasteiger partial charge is 0.504 e. The molecule has 6 heteroatoms. The van der Waals surface area contributed by atoms with Gasteiger partial charge in [0.2, 0.25) is 0 Å². The Morgan fingerprint density at radius 1 is 1.44 bits per heavy atom. The number of rotatable bonds is 2. The summed E-state index contributed by atoms with van der Waals surface area (Å²) < 4.78 is 1.77. The highest BCUT2D eigenvalue weighted by Gasteiger charge is 2.12. The fraction of sp³-hybridized carbons (Fsp3) is 0.300. The summed E-state index contributed by atoms with van der Waals surface area (Å²) in [6.07, 6.45) is 3.13. The number of alkyl halides is 1. The van der Waals surface area contributed by atoms with Crippen LogP contribution in [0.1, 0.15) is 11.4 Å². The average Bonchev–Trinajstić information content (AvgIpc) is 2.63. The van der Waals surface area contributed by atoms with E-state index < -0.39 is 0 Å². The van der Waals surface area contributed by atoms with Gasteiger partial charge in [0, 0.05) is 12.4 Å². The van der Waals surface area contributed by atoms with Crippen LogP contribution < -0.4 is 0 Å². The molecular formula is C10H11BrN4O. The predicted octanol–water partition coefficient (Wildman–Crippen LogP) is 1.79. The van der Waals surface area contributed by atoms with Crippen LogP contribution in [0, 0.1) is 6.92 Å². The van der Waals surface area contributed by atoms with Gasteiger partial charge in [-0.05, 0) is 6.92 Å². The van der Waals surface area contributed by atoms with Crippen LogP contribution in [0.25, 0.3) is 11.4 Å². The molecule has 0 saturated carbocycles. The fourth-order valence-electron chi connectivity index (χ4n) is 1.40. The number of aryl methyl sites for hydroxylation is 2. The minimum absolute atomic E-state index is 0.105. The number of hydrogen-bond acceptors (Lipinski definition) is 4. The topological polar surface area (TPSA) is 63.8 Å². The Bertz CT molecular complexity index is 524. The van der Waals surface area contributed by atoms with Crippen molar-refractivity contribution < 1.29 is 5.11 Å². The van der Waals surface area contributed by atoms with Crippen molar-refractivity contribution in [3.63, 3.8) is 0 Å². The van der Waals surface area contributed by atoms with E-state index in [2.05, 4.69) is 31.0 Å². The Kier molecular flexibility index (Phi) is 2.91. The molecular weight excluding hydrogens is 272 g/mol. The summed E-state index contributed by atoms with van der Waals surface area (Å²) in [4.78, 5) is 8.33. The third-order valence-electron chi connectivity index (χ3n) is 2.38. The van der Waals surface area contributed by atoms with E-state index in [1.54, 1.807) is 17.8 Å². The predicted molar refractivity (Wildman–Crippen MR) is 63.3 cm³/mol. The minimum Gasteiger partial charge on any atom is -0.504 e. The van der Waals surface area contributed by atoms with Gasteiger partial charge in [-0.25, -0.2) is 9.97 Å². The lowest BCUT2D eigenvalue weighted by molar-refractivity contribution is 0.464. The van der Waals surface area contributed by atoms with Crippen LogP contribution >= 0.6 is 15.9 Å². The van der Waals surface area contributed by atoms with Gasteiger partial charge in [-0.15, -0.1) is 0 Å². The quantitative estimate of drug-likeness (QED) is 0.853. The maximum atomic E-state index is 9.37. The first-order valence-electron chi connectivity index (χ1n) is 4.73. The van der Waals surface area contributed by atoms with E-state index in [0.717, 1.165) is 11.3 Å². The van der Waals surface area contributed by atoms with Crippen LogP contribution in [0.2, 0.25) is 0 Å². The van der Waals surface area contributed by atoms with Crippen LogP contribution in [0.15, 0.2) is 12.4 Å². The molecule has 0 aliphatic heterocycles. The van der Waals surface area contributed by atoms with Crippen molar-refractivity contribution in [2.45, 2.75) is 12.3 Å². The SMILES string of the molecule is Cc1nc(-c2cnn(C)c2CBr)ncc1O. The minimum atomic E-state index is 0.105. The Morgan fingerprint density at radius 3 is 2.81 bits per heavy atom. The first-order chi connectivity index (χ1) is 7.63. The van der Waals surface area contributed by atoms with Crippen molar-refractivity contribution in [3.05, 3.63) is 23.8 Å². The Balaban J connectivity index is 2.54. The van der Waals surface area contributed by atoms with E-state index in [1.165, 1.54) is 6.20 Å². The second kappa shape index (κ2) is 4.21. The molecule has 16 heavy (non-hydrogen) atoms. The molecule has 0 spiro atoms. The van der Waals surface area contributed by atoms with Gasteiger partial charge < -0.3 is 5.11 Å². The smallest absolute Gasteiger partial charge is 0.163 e. The molecule has 0 unspecified atom stereocenters. The molecule has 2 rings (SSSR count). The number of aromatic nitrogens is 4. The molecule has 0 aromatic carbocycles. The van der Waals surface area contributed by atoms with Gasteiger partial charge in [0.15, 0.2) is 11.6 Å². The van der Waals surface area contributed by atoms with E-state index in [1.807, 2.05) is 7.05 Å². The van der Waals surface area contributed by atoms with Gasteiger partial charge >= 0.3 is 0 Å². The second-order valence-corrected chi connectivity index (χ2v) is 3.99. The lowest BCUT2D eigenvalue weighted by atomic mass is 10.2. The van der Waals surface area contributed by atoms with Crippen LogP contribution in [-0.4, -0.2) is 24.9 Å². The van der Waals surface area contributed by atoms with Gasteiger partial charge in [0.1, 0.15) is 0 Å². The standard InChI is InChI=1S/C10H11BrN4O/c1-6-9(16)5-12-10(14-6)7-4-13-15(2)8(7)3-11/h4-5,16H,3H2,1-2H3. The van der Waals surface area contributed by atoms with Crippen molar-refractivity contribution in [1.82, 2.24) is 19.7 Å². The maximum Gasteiger partial charge on any atom is 0.163 e. The lowest BCUT2D eigenvalue weighted by Gasteiger charge is -2.03. The summed E-state index contributed by atoms with van der Waals surface area (Å²) in [7, 11) is 1.87. The van der Waals surface area contributed by atoms with E-state index >= 15 is 0 Å². The zero-order valence-electron chi connectivity index (χ0n) is 8.98. The number of halogens is 1. The Labute approximate surface area is 101 Å². The molecule has 1 N–H and O–H groups in total. The second-order valence-electron chi connectivity index (χ2n) is 3.43. The number of aromatic hydroxyl groups is 1.